The van der Waals surface area contributed by atoms with Crippen LogP contribution < -0.4 is 5.73 Å². The molecule has 0 aliphatic heterocycles. The minimum atomic E-state index is 0.0553. The largest absolute Gasteiger partial charge is 0.327 e. The Labute approximate surface area is 113 Å². The van der Waals surface area contributed by atoms with Gasteiger partial charge in [0.25, 0.3) is 0 Å². The van der Waals surface area contributed by atoms with Crippen molar-refractivity contribution in [3.8, 4) is 0 Å². The van der Waals surface area contributed by atoms with Crippen LogP contribution in [0.1, 0.15) is 17.0 Å². The fraction of sp³-hybridized carbons (Fsp3) is 0.357. The zero-order valence-electron chi connectivity index (χ0n) is 10.7. The van der Waals surface area contributed by atoms with Gasteiger partial charge < -0.3 is 5.73 Å². The van der Waals surface area contributed by atoms with Gasteiger partial charge in [0, 0.05) is 30.2 Å². The molecule has 2 N–H and O–H groups in total. The summed E-state index contributed by atoms with van der Waals surface area (Å²) in [4.78, 5) is 0. The van der Waals surface area contributed by atoms with Gasteiger partial charge in [-0.2, -0.15) is 5.10 Å². The second-order valence-corrected chi connectivity index (χ2v) is 5.07. The Morgan fingerprint density at radius 3 is 2.67 bits per heavy atom. The number of nitrogens with zero attached hydrogens (tertiary/aromatic N) is 2. The van der Waals surface area contributed by atoms with E-state index in [0.717, 1.165) is 34.8 Å². The lowest BCUT2D eigenvalue weighted by Crippen LogP contribution is -2.26. The molecule has 0 spiro atoms. The maximum Gasteiger partial charge on any atom is 0.0596 e. The van der Waals surface area contributed by atoms with Crippen molar-refractivity contribution in [3.63, 3.8) is 0 Å². The SMILES string of the molecule is Cc1cc(CC(N)Cc2ccccc2Cl)n(C)n1. The molecule has 3 nitrogen and oxygen atoms in total. The average molecular weight is 264 g/mol. The molecule has 0 aliphatic rings. The topological polar surface area (TPSA) is 43.8 Å². The van der Waals surface area contributed by atoms with Crippen molar-refractivity contribution in [2.75, 3.05) is 0 Å². The number of hydrogen-bond acceptors (Lipinski definition) is 2. The minimum absolute atomic E-state index is 0.0553. The highest BCUT2D eigenvalue weighted by molar-refractivity contribution is 6.31. The van der Waals surface area contributed by atoms with Crippen LogP contribution in [0.25, 0.3) is 0 Å². The van der Waals surface area contributed by atoms with Crippen molar-refractivity contribution < 1.29 is 0 Å². The molecule has 1 aromatic heterocycles. The first-order chi connectivity index (χ1) is 8.56. The fourth-order valence-electron chi connectivity index (χ4n) is 2.14. The summed E-state index contributed by atoms with van der Waals surface area (Å²) < 4.78 is 1.89. The molecule has 1 atom stereocenters. The molecule has 2 aromatic rings. The molecule has 1 aromatic carbocycles. The summed E-state index contributed by atoms with van der Waals surface area (Å²) in [5.41, 5.74) is 9.47. The quantitative estimate of drug-likeness (QED) is 0.921. The molecule has 0 fully saturated rings. The minimum Gasteiger partial charge on any atom is -0.327 e. The second-order valence-electron chi connectivity index (χ2n) is 4.66. The zero-order chi connectivity index (χ0) is 13.1. The van der Waals surface area contributed by atoms with Gasteiger partial charge in [-0.15, -0.1) is 0 Å². The van der Waals surface area contributed by atoms with Crippen molar-refractivity contribution in [1.29, 1.82) is 0 Å². The standard InChI is InChI=1S/C14H18ClN3/c1-10-7-13(18(2)17-10)9-12(16)8-11-5-3-4-6-14(11)15/h3-7,12H,8-9,16H2,1-2H3. The summed E-state index contributed by atoms with van der Waals surface area (Å²) in [5.74, 6) is 0. The van der Waals surface area contributed by atoms with Gasteiger partial charge in [0.05, 0.1) is 5.69 Å². The van der Waals surface area contributed by atoms with Gasteiger partial charge >= 0.3 is 0 Å². The molecule has 18 heavy (non-hydrogen) atoms. The summed E-state index contributed by atoms with van der Waals surface area (Å²) in [5, 5.41) is 5.11. The van der Waals surface area contributed by atoms with Crippen LogP contribution in [0.3, 0.4) is 0 Å². The van der Waals surface area contributed by atoms with Gasteiger partial charge in [-0.05, 0) is 31.0 Å². The van der Waals surface area contributed by atoms with E-state index in [9.17, 15) is 0 Å². The van der Waals surface area contributed by atoms with Crippen LogP contribution in [0, 0.1) is 6.92 Å². The number of rotatable bonds is 4. The molecule has 0 amide bonds. The van der Waals surface area contributed by atoms with Gasteiger partial charge in [0.2, 0.25) is 0 Å². The number of aryl methyl sites for hydroxylation is 2. The molecule has 1 heterocycles. The highest BCUT2D eigenvalue weighted by Crippen LogP contribution is 2.17. The lowest BCUT2D eigenvalue weighted by Gasteiger charge is -2.12. The molecule has 0 saturated heterocycles. The molecule has 0 aliphatic carbocycles. The first-order valence-corrected chi connectivity index (χ1v) is 6.42. The van der Waals surface area contributed by atoms with Crippen LogP contribution in [0.15, 0.2) is 30.3 Å². The van der Waals surface area contributed by atoms with E-state index in [2.05, 4.69) is 11.2 Å². The third-order valence-electron chi connectivity index (χ3n) is 3.01. The smallest absolute Gasteiger partial charge is 0.0596 e. The Morgan fingerprint density at radius 1 is 1.33 bits per heavy atom. The predicted molar refractivity (Wildman–Crippen MR) is 74.8 cm³/mol. The van der Waals surface area contributed by atoms with Gasteiger partial charge in [-0.1, -0.05) is 29.8 Å². The molecule has 4 heteroatoms. The van der Waals surface area contributed by atoms with E-state index in [4.69, 9.17) is 17.3 Å². The highest BCUT2D eigenvalue weighted by atomic mass is 35.5. The summed E-state index contributed by atoms with van der Waals surface area (Å²) in [6, 6.07) is 9.98. The maximum atomic E-state index is 6.19. The Kier molecular flexibility index (Phi) is 4.04. The van der Waals surface area contributed by atoms with Gasteiger partial charge in [-0.3, -0.25) is 4.68 Å². The molecule has 2 rings (SSSR count). The fourth-order valence-corrected chi connectivity index (χ4v) is 2.36. The van der Waals surface area contributed by atoms with Crippen molar-refractivity contribution in [1.82, 2.24) is 9.78 Å². The highest BCUT2D eigenvalue weighted by Gasteiger charge is 2.10. The predicted octanol–water partition coefficient (Wildman–Crippen LogP) is 2.49. The number of nitrogens with two attached hydrogens (primary N) is 1. The molecular weight excluding hydrogens is 246 g/mol. The lowest BCUT2D eigenvalue weighted by atomic mass is 10.0. The molecule has 0 radical (unpaired) electrons. The number of benzene rings is 1. The number of hydrogen-bond donors (Lipinski definition) is 1. The Bertz CT molecular complexity index is 534. The summed E-state index contributed by atoms with van der Waals surface area (Å²) >= 11 is 6.13. The average Bonchev–Trinajstić information content (AvgIpc) is 2.61. The van der Waals surface area contributed by atoms with E-state index < -0.39 is 0 Å². The summed E-state index contributed by atoms with van der Waals surface area (Å²) in [7, 11) is 1.95. The van der Waals surface area contributed by atoms with Crippen LogP contribution in [0.5, 0.6) is 0 Å². The van der Waals surface area contributed by atoms with E-state index in [1.165, 1.54) is 0 Å². The third kappa shape index (κ3) is 3.12. The number of aromatic nitrogens is 2. The van der Waals surface area contributed by atoms with E-state index >= 15 is 0 Å². The maximum absolute atomic E-state index is 6.19. The third-order valence-corrected chi connectivity index (χ3v) is 3.38. The van der Waals surface area contributed by atoms with Crippen molar-refractivity contribution >= 4 is 11.6 Å². The Balaban J connectivity index is 2.03. The van der Waals surface area contributed by atoms with Crippen LogP contribution in [0.4, 0.5) is 0 Å². The van der Waals surface area contributed by atoms with Gasteiger partial charge in [-0.25, -0.2) is 0 Å². The van der Waals surface area contributed by atoms with E-state index in [-0.39, 0.29) is 6.04 Å². The summed E-state index contributed by atoms with van der Waals surface area (Å²) in [6.07, 6.45) is 1.59. The van der Waals surface area contributed by atoms with Crippen LogP contribution in [-0.2, 0) is 19.9 Å². The molecule has 1 unspecified atom stereocenters. The van der Waals surface area contributed by atoms with Crippen molar-refractivity contribution in [3.05, 3.63) is 52.3 Å². The van der Waals surface area contributed by atoms with Crippen LogP contribution in [0.2, 0.25) is 5.02 Å². The first kappa shape index (κ1) is 13.1. The molecule has 0 saturated carbocycles. The molecule has 96 valence electrons. The lowest BCUT2D eigenvalue weighted by molar-refractivity contribution is 0.612. The van der Waals surface area contributed by atoms with Crippen LogP contribution in [-0.4, -0.2) is 15.8 Å². The Morgan fingerprint density at radius 2 is 2.06 bits per heavy atom. The van der Waals surface area contributed by atoms with E-state index in [1.807, 2.05) is 42.9 Å². The summed E-state index contributed by atoms with van der Waals surface area (Å²) in [6.45, 7) is 1.99. The zero-order valence-corrected chi connectivity index (χ0v) is 11.5. The first-order valence-electron chi connectivity index (χ1n) is 6.05. The second kappa shape index (κ2) is 5.55. The van der Waals surface area contributed by atoms with Crippen LogP contribution >= 0.6 is 11.6 Å². The molecule has 0 bridgehead atoms. The Hall–Kier alpha value is -1.32. The van der Waals surface area contributed by atoms with Gasteiger partial charge in [0.15, 0.2) is 0 Å². The van der Waals surface area contributed by atoms with Crippen molar-refractivity contribution in [2.24, 2.45) is 12.8 Å². The molecular formula is C14H18ClN3. The van der Waals surface area contributed by atoms with E-state index in [1.54, 1.807) is 0 Å². The number of halogens is 1. The van der Waals surface area contributed by atoms with Gasteiger partial charge in [0.1, 0.15) is 0 Å². The van der Waals surface area contributed by atoms with E-state index in [0.29, 0.717) is 0 Å². The normalized spacial score (nSPS) is 12.7. The van der Waals surface area contributed by atoms with Crippen molar-refractivity contribution in [2.45, 2.75) is 25.8 Å². The monoisotopic (exact) mass is 263 g/mol.